The first-order chi connectivity index (χ1) is 9.67. The fraction of sp³-hybridized carbons (Fsp3) is 0.600. The molecule has 0 amide bonds. The molecule has 1 aromatic rings. The van der Waals surface area contributed by atoms with Gasteiger partial charge in [-0.25, -0.2) is 0 Å². The number of benzene rings is 1. The average molecular weight is 378 g/mol. The van der Waals surface area contributed by atoms with Crippen LogP contribution in [0.15, 0.2) is 27.6 Å². The quantitative estimate of drug-likeness (QED) is 0.680. The Kier molecular flexibility index (Phi) is 4.98. The van der Waals surface area contributed by atoms with Gasteiger partial charge >= 0.3 is 0 Å². The van der Waals surface area contributed by atoms with Gasteiger partial charge in [0.15, 0.2) is 5.79 Å². The third-order valence-electron chi connectivity index (χ3n) is 4.06. The zero-order valence-electron chi connectivity index (χ0n) is 11.2. The van der Waals surface area contributed by atoms with E-state index in [0.717, 1.165) is 47.2 Å². The van der Waals surface area contributed by atoms with Crippen LogP contribution in [0.5, 0.6) is 0 Å². The minimum absolute atomic E-state index is 0.234. The number of ether oxygens (including phenoxy) is 2. The molecule has 2 aliphatic rings. The van der Waals surface area contributed by atoms with Crippen LogP contribution < -0.4 is 0 Å². The highest BCUT2D eigenvalue weighted by Gasteiger charge is 2.40. The first-order valence-electron chi connectivity index (χ1n) is 7.03. The molecule has 1 saturated carbocycles. The van der Waals surface area contributed by atoms with Crippen molar-refractivity contribution in [1.29, 1.82) is 0 Å². The van der Waals surface area contributed by atoms with Gasteiger partial charge in [-0.15, -0.1) is 11.8 Å². The van der Waals surface area contributed by atoms with Gasteiger partial charge in [0.2, 0.25) is 0 Å². The molecule has 0 aromatic heterocycles. The molecule has 3 rings (SSSR count). The van der Waals surface area contributed by atoms with Crippen LogP contribution in [0, 0.1) is 5.92 Å². The van der Waals surface area contributed by atoms with Gasteiger partial charge in [-0.1, -0.05) is 11.6 Å². The molecule has 2 fully saturated rings. The van der Waals surface area contributed by atoms with Gasteiger partial charge in [0.05, 0.1) is 18.2 Å². The van der Waals surface area contributed by atoms with Gasteiger partial charge < -0.3 is 9.47 Å². The van der Waals surface area contributed by atoms with Crippen LogP contribution in [0.3, 0.4) is 0 Å². The van der Waals surface area contributed by atoms with Crippen molar-refractivity contribution in [1.82, 2.24) is 0 Å². The van der Waals surface area contributed by atoms with E-state index in [-0.39, 0.29) is 5.79 Å². The molecule has 5 heteroatoms. The number of hydrogen-bond donors (Lipinski definition) is 0. The van der Waals surface area contributed by atoms with E-state index in [1.165, 1.54) is 17.7 Å². The third-order valence-corrected chi connectivity index (χ3v) is 6.52. The van der Waals surface area contributed by atoms with E-state index in [1.807, 2.05) is 23.9 Å². The summed E-state index contributed by atoms with van der Waals surface area (Å²) in [6, 6.07) is 6.17. The number of halogens is 2. The van der Waals surface area contributed by atoms with Crippen LogP contribution in [-0.4, -0.2) is 24.8 Å². The van der Waals surface area contributed by atoms with Crippen molar-refractivity contribution in [2.75, 3.05) is 19.0 Å². The van der Waals surface area contributed by atoms with Crippen LogP contribution in [0.2, 0.25) is 5.02 Å². The minimum atomic E-state index is -0.234. The lowest BCUT2D eigenvalue weighted by Gasteiger charge is -2.35. The Morgan fingerprint density at radius 3 is 2.60 bits per heavy atom. The van der Waals surface area contributed by atoms with E-state index in [2.05, 4.69) is 22.0 Å². The largest absolute Gasteiger partial charge is 0.348 e. The second-order valence-corrected chi connectivity index (χ2v) is 7.79. The van der Waals surface area contributed by atoms with Crippen molar-refractivity contribution < 1.29 is 9.47 Å². The first-order valence-corrected chi connectivity index (χ1v) is 9.18. The SMILES string of the molecule is Clc1cc(SCC2CCC3(CC2)OCCO3)ccc1Br. The lowest BCUT2D eigenvalue weighted by molar-refractivity contribution is -0.181. The molecule has 0 atom stereocenters. The summed E-state index contributed by atoms with van der Waals surface area (Å²) in [6.07, 6.45) is 4.47. The molecule has 0 radical (unpaired) electrons. The van der Waals surface area contributed by atoms with E-state index < -0.39 is 0 Å². The lowest BCUT2D eigenvalue weighted by Crippen LogP contribution is -2.35. The molecule has 1 spiro atoms. The summed E-state index contributed by atoms with van der Waals surface area (Å²) in [5.41, 5.74) is 0. The van der Waals surface area contributed by atoms with Crippen molar-refractivity contribution in [3.63, 3.8) is 0 Å². The van der Waals surface area contributed by atoms with E-state index in [9.17, 15) is 0 Å². The second kappa shape index (κ2) is 6.57. The van der Waals surface area contributed by atoms with E-state index in [0.29, 0.717) is 0 Å². The predicted molar refractivity (Wildman–Crippen MR) is 86.5 cm³/mol. The molecular formula is C15H18BrClO2S. The Labute approximate surface area is 137 Å². The fourth-order valence-electron chi connectivity index (χ4n) is 2.85. The van der Waals surface area contributed by atoms with Gasteiger partial charge in [-0.05, 0) is 52.9 Å². The maximum atomic E-state index is 6.12. The third kappa shape index (κ3) is 3.53. The van der Waals surface area contributed by atoms with Crippen LogP contribution in [0.1, 0.15) is 25.7 Å². The number of thioether (sulfide) groups is 1. The highest BCUT2D eigenvalue weighted by molar-refractivity contribution is 9.10. The smallest absolute Gasteiger partial charge is 0.168 e. The molecule has 1 aromatic carbocycles. The van der Waals surface area contributed by atoms with Crippen LogP contribution in [-0.2, 0) is 9.47 Å². The monoisotopic (exact) mass is 376 g/mol. The summed E-state index contributed by atoms with van der Waals surface area (Å²) in [7, 11) is 0. The van der Waals surface area contributed by atoms with Gasteiger partial charge in [0.25, 0.3) is 0 Å². The second-order valence-electron chi connectivity index (χ2n) is 5.44. The fourth-order valence-corrected chi connectivity index (χ4v) is 4.47. The highest BCUT2D eigenvalue weighted by Crippen LogP contribution is 2.40. The zero-order chi connectivity index (χ0) is 14.0. The summed E-state index contributed by atoms with van der Waals surface area (Å²) < 4.78 is 12.5. The summed E-state index contributed by atoms with van der Waals surface area (Å²) >= 11 is 11.4. The van der Waals surface area contributed by atoms with E-state index in [4.69, 9.17) is 21.1 Å². The molecule has 2 nitrogen and oxygen atoms in total. The summed E-state index contributed by atoms with van der Waals surface area (Å²) in [6.45, 7) is 1.52. The lowest BCUT2D eigenvalue weighted by atomic mass is 9.86. The van der Waals surface area contributed by atoms with Crippen LogP contribution in [0.4, 0.5) is 0 Å². The molecular weight excluding hydrogens is 360 g/mol. The standard InChI is InChI=1S/C15H18BrClO2S/c16-13-2-1-12(9-14(13)17)20-10-11-3-5-15(6-4-11)18-7-8-19-15/h1-2,9,11H,3-8,10H2. The first kappa shape index (κ1) is 15.2. The van der Waals surface area contributed by atoms with Gasteiger partial charge in [0.1, 0.15) is 0 Å². The van der Waals surface area contributed by atoms with Crippen molar-refractivity contribution in [3.05, 3.63) is 27.7 Å². The molecule has 0 N–H and O–H groups in total. The van der Waals surface area contributed by atoms with Crippen LogP contribution >= 0.6 is 39.3 Å². The Balaban J connectivity index is 1.49. The molecule has 20 heavy (non-hydrogen) atoms. The molecule has 0 bridgehead atoms. The van der Waals surface area contributed by atoms with Crippen molar-refractivity contribution >= 4 is 39.3 Å². The van der Waals surface area contributed by atoms with Crippen molar-refractivity contribution in [3.8, 4) is 0 Å². The highest BCUT2D eigenvalue weighted by atomic mass is 79.9. The summed E-state index contributed by atoms with van der Waals surface area (Å²) in [5.74, 6) is 1.66. The van der Waals surface area contributed by atoms with E-state index in [1.54, 1.807) is 0 Å². The van der Waals surface area contributed by atoms with Gasteiger partial charge in [0, 0.05) is 28.0 Å². The summed E-state index contributed by atoms with van der Waals surface area (Å²) in [5, 5.41) is 0.783. The maximum absolute atomic E-state index is 6.12. The Morgan fingerprint density at radius 2 is 1.95 bits per heavy atom. The molecule has 1 aliphatic carbocycles. The van der Waals surface area contributed by atoms with Crippen molar-refractivity contribution in [2.24, 2.45) is 5.92 Å². The topological polar surface area (TPSA) is 18.5 Å². The zero-order valence-corrected chi connectivity index (χ0v) is 14.4. The maximum Gasteiger partial charge on any atom is 0.168 e. The predicted octanol–water partition coefficient (Wildman–Crippen LogP) is 5.13. The molecule has 1 saturated heterocycles. The average Bonchev–Trinajstić information content (AvgIpc) is 2.90. The summed E-state index contributed by atoms with van der Waals surface area (Å²) in [4.78, 5) is 1.24. The van der Waals surface area contributed by atoms with Gasteiger partial charge in [-0.3, -0.25) is 0 Å². The van der Waals surface area contributed by atoms with Crippen molar-refractivity contribution in [2.45, 2.75) is 36.4 Å². The minimum Gasteiger partial charge on any atom is -0.348 e. The molecule has 110 valence electrons. The van der Waals surface area contributed by atoms with E-state index >= 15 is 0 Å². The van der Waals surface area contributed by atoms with Gasteiger partial charge in [-0.2, -0.15) is 0 Å². The Bertz CT molecular complexity index is 467. The Morgan fingerprint density at radius 1 is 1.25 bits per heavy atom. The Hall–Kier alpha value is 0.260. The normalized spacial score (nSPS) is 22.5. The number of rotatable bonds is 3. The molecule has 1 heterocycles. The molecule has 0 unspecified atom stereocenters. The van der Waals surface area contributed by atoms with Crippen LogP contribution in [0.25, 0.3) is 0 Å². The molecule has 1 aliphatic heterocycles. The number of hydrogen-bond acceptors (Lipinski definition) is 3.